The molecule has 0 radical (unpaired) electrons. The number of amides is 2. The summed E-state index contributed by atoms with van der Waals surface area (Å²) in [7, 11) is 1.27. The fourth-order valence-corrected chi connectivity index (χ4v) is 5.32. The van der Waals surface area contributed by atoms with Gasteiger partial charge in [-0.15, -0.1) is 0 Å². The van der Waals surface area contributed by atoms with Crippen LogP contribution in [0.3, 0.4) is 0 Å². The Kier molecular flexibility index (Phi) is 2.99. The Balaban J connectivity index is 1.55. The number of benzene rings is 1. The van der Waals surface area contributed by atoms with E-state index < -0.39 is 5.97 Å². The second-order valence-corrected chi connectivity index (χ2v) is 7.73. The van der Waals surface area contributed by atoms with Crippen LogP contribution >= 0.6 is 11.6 Å². The van der Waals surface area contributed by atoms with Gasteiger partial charge in [-0.1, -0.05) is 23.8 Å². The molecule has 0 aromatic heterocycles. The maximum absolute atomic E-state index is 13.1. The summed E-state index contributed by atoms with van der Waals surface area (Å²) < 4.78 is 4.73. The van der Waals surface area contributed by atoms with Gasteiger partial charge in [0.15, 0.2) is 0 Å². The van der Waals surface area contributed by atoms with Crippen molar-refractivity contribution in [3.8, 4) is 0 Å². The van der Waals surface area contributed by atoms with E-state index in [0.29, 0.717) is 17.5 Å². The van der Waals surface area contributed by atoms with Crippen LogP contribution in [0.4, 0.5) is 5.69 Å². The van der Waals surface area contributed by atoms with E-state index in [1.807, 2.05) is 0 Å². The minimum Gasteiger partial charge on any atom is -0.465 e. The fourth-order valence-electron chi connectivity index (χ4n) is 5.13. The zero-order valence-electron chi connectivity index (χ0n) is 13.5. The van der Waals surface area contributed by atoms with Gasteiger partial charge < -0.3 is 4.74 Å². The monoisotopic (exact) mass is 357 g/mol. The number of methoxy groups -OCH3 is 1. The number of carbonyl (C=O) groups excluding carboxylic acids is 3. The van der Waals surface area contributed by atoms with Gasteiger partial charge >= 0.3 is 5.97 Å². The van der Waals surface area contributed by atoms with Gasteiger partial charge in [-0.05, 0) is 48.3 Å². The highest BCUT2D eigenvalue weighted by molar-refractivity contribution is 6.34. The number of esters is 1. The summed E-state index contributed by atoms with van der Waals surface area (Å²) in [5.41, 5.74) is 0.545. The standard InChI is InChI=1S/C19H16ClNO4/c1-25-19(24)13-6-8(2-5-14(13)20)21-17(22)15-9-3-4-10(12-7-11(9)12)16(15)18(21)23/h2-6,9-12,15-16H,7H2,1H3/t9-,10-,11-,12+,15-,16+/m1/s1. The molecule has 1 aromatic carbocycles. The third-order valence-electron chi connectivity index (χ3n) is 6.28. The van der Waals surface area contributed by atoms with Gasteiger partial charge in [0.1, 0.15) is 0 Å². The molecule has 3 fully saturated rings. The fraction of sp³-hybridized carbons (Fsp3) is 0.421. The first-order valence-electron chi connectivity index (χ1n) is 8.47. The lowest BCUT2D eigenvalue weighted by atomic mass is 9.63. The molecule has 1 heterocycles. The highest BCUT2D eigenvalue weighted by Gasteiger charge is 2.67. The molecule has 6 heteroatoms. The summed E-state index contributed by atoms with van der Waals surface area (Å²) in [5.74, 6) is 0.0456. The molecule has 6 rings (SSSR count). The van der Waals surface area contributed by atoms with Crippen molar-refractivity contribution < 1.29 is 19.1 Å². The molecular formula is C19H16ClNO4. The first-order chi connectivity index (χ1) is 12.0. The lowest BCUT2D eigenvalue weighted by Gasteiger charge is -2.37. The number of hydrogen-bond donors (Lipinski definition) is 0. The molecule has 2 saturated carbocycles. The molecule has 4 aliphatic carbocycles. The zero-order chi connectivity index (χ0) is 17.5. The Morgan fingerprint density at radius 3 is 2.28 bits per heavy atom. The van der Waals surface area contributed by atoms with E-state index in [0.717, 1.165) is 6.42 Å². The van der Waals surface area contributed by atoms with Gasteiger partial charge in [-0.25, -0.2) is 9.69 Å². The van der Waals surface area contributed by atoms with Crippen LogP contribution in [0.1, 0.15) is 16.8 Å². The summed E-state index contributed by atoms with van der Waals surface area (Å²) >= 11 is 6.05. The molecule has 6 atom stereocenters. The van der Waals surface area contributed by atoms with Crippen molar-refractivity contribution >= 4 is 35.1 Å². The number of rotatable bonds is 2. The van der Waals surface area contributed by atoms with Crippen LogP contribution in [0.15, 0.2) is 30.4 Å². The lowest BCUT2D eigenvalue weighted by Crippen LogP contribution is -2.40. The maximum atomic E-state index is 13.1. The van der Waals surface area contributed by atoms with Crippen molar-refractivity contribution in [1.29, 1.82) is 0 Å². The Bertz CT molecular complexity index is 827. The maximum Gasteiger partial charge on any atom is 0.339 e. The predicted octanol–water partition coefficient (Wildman–Crippen LogP) is 2.68. The number of ether oxygens (including phenoxy) is 1. The largest absolute Gasteiger partial charge is 0.465 e. The lowest BCUT2D eigenvalue weighted by molar-refractivity contribution is -0.124. The molecule has 5 aliphatic rings. The van der Waals surface area contributed by atoms with E-state index >= 15 is 0 Å². The zero-order valence-corrected chi connectivity index (χ0v) is 14.3. The molecule has 1 aromatic rings. The summed E-state index contributed by atoms with van der Waals surface area (Å²) in [6.45, 7) is 0. The van der Waals surface area contributed by atoms with E-state index in [9.17, 15) is 14.4 Å². The van der Waals surface area contributed by atoms with Crippen molar-refractivity contribution in [2.45, 2.75) is 6.42 Å². The normalized spacial score (nSPS) is 37.1. The summed E-state index contributed by atoms with van der Waals surface area (Å²) in [6.07, 6.45) is 5.40. The molecule has 5 nitrogen and oxygen atoms in total. The molecule has 1 saturated heterocycles. The molecule has 0 unspecified atom stereocenters. The second kappa shape index (κ2) is 4.94. The van der Waals surface area contributed by atoms with E-state index in [-0.39, 0.29) is 46.1 Å². The summed E-state index contributed by atoms with van der Waals surface area (Å²) in [6, 6.07) is 4.60. The van der Waals surface area contributed by atoms with Gasteiger partial charge in [-0.2, -0.15) is 0 Å². The molecule has 2 amide bonds. The topological polar surface area (TPSA) is 63.7 Å². The van der Waals surface area contributed by atoms with Gasteiger partial charge in [0.05, 0.1) is 35.2 Å². The molecule has 2 bridgehead atoms. The molecule has 0 spiro atoms. The number of anilines is 1. The SMILES string of the molecule is COC(=O)c1cc(N2C(=O)[C@@H]3[C@@H]4C=C[C@H]([C@@H]5C[C@H]45)[C@@H]3C2=O)ccc1Cl. The first-order valence-corrected chi connectivity index (χ1v) is 8.84. The average Bonchev–Trinajstić information content (AvgIpc) is 3.39. The van der Waals surface area contributed by atoms with Gasteiger partial charge in [0.2, 0.25) is 11.8 Å². The van der Waals surface area contributed by atoms with Crippen LogP contribution < -0.4 is 4.90 Å². The van der Waals surface area contributed by atoms with Crippen LogP contribution in [0.5, 0.6) is 0 Å². The van der Waals surface area contributed by atoms with E-state index in [2.05, 4.69) is 12.2 Å². The van der Waals surface area contributed by atoms with Gasteiger partial charge in [-0.3, -0.25) is 9.59 Å². The molecule has 0 N–H and O–H groups in total. The van der Waals surface area contributed by atoms with Gasteiger partial charge in [0, 0.05) is 0 Å². The first kappa shape index (κ1) is 15.1. The van der Waals surface area contributed by atoms with Crippen molar-refractivity contribution in [1.82, 2.24) is 0 Å². The van der Waals surface area contributed by atoms with Crippen LogP contribution in [0.25, 0.3) is 0 Å². The number of allylic oxidation sites excluding steroid dienone is 2. The number of hydrogen-bond acceptors (Lipinski definition) is 4. The van der Waals surface area contributed by atoms with Crippen LogP contribution in [0, 0.1) is 35.5 Å². The number of imide groups is 1. The highest BCUT2D eigenvalue weighted by Crippen LogP contribution is 2.65. The molecule has 25 heavy (non-hydrogen) atoms. The van der Waals surface area contributed by atoms with Crippen LogP contribution in [-0.2, 0) is 14.3 Å². The Morgan fingerprint density at radius 1 is 1.12 bits per heavy atom. The summed E-state index contributed by atoms with van der Waals surface area (Å²) in [5, 5.41) is 0.232. The van der Waals surface area contributed by atoms with Crippen LogP contribution in [-0.4, -0.2) is 24.9 Å². The smallest absolute Gasteiger partial charge is 0.339 e. The Labute approximate surface area is 149 Å². The van der Waals surface area contributed by atoms with Crippen molar-refractivity contribution in [2.24, 2.45) is 35.5 Å². The van der Waals surface area contributed by atoms with Crippen molar-refractivity contribution in [3.63, 3.8) is 0 Å². The Hall–Kier alpha value is -2.14. The Morgan fingerprint density at radius 2 is 1.72 bits per heavy atom. The van der Waals surface area contributed by atoms with E-state index in [4.69, 9.17) is 16.3 Å². The van der Waals surface area contributed by atoms with Crippen LogP contribution in [0.2, 0.25) is 5.02 Å². The van der Waals surface area contributed by atoms with Crippen molar-refractivity contribution in [2.75, 3.05) is 12.0 Å². The third-order valence-corrected chi connectivity index (χ3v) is 6.61. The number of carbonyl (C=O) groups is 3. The van der Waals surface area contributed by atoms with E-state index in [1.165, 1.54) is 24.1 Å². The highest BCUT2D eigenvalue weighted by atomic mass is 35.5. The molecular weight excluding hydrogens is 342 g/mol. The number of halogens is 1. The summed E-state index contributed by atoms with van der Waals surface area (Å²) in [4.78, 5) is 39.2. The quantitative estimate of drug-likeness (QED) is 0.464. The second-order valence-electron chi connectivity index (χ2n) is 7.32. The molecule has 1 aliphatic heterocycles. The molecule has 128 valence electrons. The average molecular weight is 358 g/mol. The predicted molar refractivity (Wildman–Crippen MR) is 90.0 cm³/mol. The minimum absolute atomic E-state index is 0.154. The minimum atomic E-state index is -0.591. The van der Waals surface area contributed by atoms with Gasteiger partial charge in [0.25, 0.3) is 0 Å². The van der Waals surface area contributed by atoms with E-state index in [1.54, 1.807) is 6.07 Å². The van der Waals surface area contributed by atoms with Crippen molar-refractivity contribution in [3.05, 3.63) is 40.9 Å². The third kappa shape index (κ3) is 1.87. The number of nitrogens with zero attached hydrogens (tertiary/aromatic N) is 1.